The zero-order chi connectivity index (χ0) is 28.3. The third-order valence-electron chi connectivity index (χ3n) is 7.98. The first-order chi connectivity index (χ1) is 18.5. The van der Waals surface area contributed by atoms with Gasteiger partial charge in [0.25, 0.3) is 21.8 Å². The topological polar surface area (TPSA) is 93.3 Å². The number of nitrogens with zero attached hydrogens (tertiary/aromatic N) is 4. The highest BCUT2D eigenvalue weighted by Gasteiger charge is 2.29. The summed E-state index contributed by atoms with van der Waals surface area (Å²) in [5.74, 6) is -0.509. The third kappa shape index (κ3) is 6.74. The molecule has 212 valence electrons. The standard InChI is InChI=1S/C28H38ClN5O4S/c1-31-15-11-21(12-16-31)33(3)27(35)20-9-10-24(29)26(19-20)39(37,38)30-25-8-6-5-7-23(25)28(36)34(4)22-13-17-32(2)18-14-22/h5-10,19,21-22,30H,11-18H2,1-4H3. The molecule has 0 atom stereocenters. The molecule has 9 nitrogen and oxygen atoms in total. The van der Waals surface area contributed by atoms with Gasteiger partial charge in [0.2, 0.25) is 0 Å². The van der Waals surface area contributed by atoms with E-state index in [9.17, 15) is 18.0 Å². The first kappa shape index (κ1) is 29.3. The van der Waals surface area contributed by atoms with Crippen molar-refractivity contribution >= 4 is 39.1 Å². The molecule has 2 aromatic carbocycles. The average molecular weight is 576 g/mol. The lowest BCUT2D eigenvalue weighted by Gasteiger charge is -2.35. The van der Waals surface area contributed by atoms with Crippen molar-refractivity contribution in [3.8, 4) is 0 Å². The zero-order valence-corrected chi connectivity index (χ0v) is 24.6. The van der Waals surface area contributed by atoms with E-state index >= 15 is 0 Å². The molecular weight excluding hydrogens is 538 g/mol. The largest absolute Gasteiger partial charge is 0.339 e. The van der Waals surface area contributed by atoms with Crippen molar-refractivity contribution < 1.29 is 18.0 Å². The molecular formula is C28H38ClN5O4S. The molecule has 0 saturated carbocycles. The molecule has 2 aliphatic rings. The van der Waals surface area contributed by atoms with E-state index in [1.165, 1.54) is 12.1 Å². The second kappa shape index (κ2) is 12.2. The van der Waals surface area contributed by atoms with Crippen LogP contribution in [-0.2, 0) is 10.0 Å². The highest BCUT2D eigenvalue weighted by Crippen LogP contribution is 2.29. The van der Waals surface area contributed by atoms with E-state index in [1.54, 1.807) is 54.2 Å². The Morgan fingerprint density at radius 1 is 0.846 bits per heavy atom. The van der Waals surface area contributed by atoms with E-state index in [2.05, 4.69) is 28.6 Å². The van der Waals surface area contributed by atoms with Gasteiger partial charge in [-0.3, -0.25) is 14.3 Å². The molecule has 0 aliphatic carbocycles. The highest BCUT2D eigenvalue weighted by molar-refractivity contribution is 7.92. The molecule has 0 radical (unpaired) electrons. The zero-order valence-electron chi connectivity index (χ0n) is 23.1. The predicted octanol–water partition coefficient (Wildman–Crippen LogP) is 3.47. The van der Waals surface area contributed by atoms with Gasteiger partial charge in [0.15, 0.2) is 0 Å². The van der Waals surface area contributed by atoms with Gasteiger partial charge in [-0.1, -0.05) is 23.7 Å². The quantitative estimate of drug-likeness (QED) is 0.543. The van der Waals surface area contributed by atoms with Crippen LogP contribution in [0.4, 0.5) is 5.69 Å². The molecule has 2 heterocycles. The number of anilines is 1. The van der Waals surface area contributed by atoms with Crippen molar-refractivity contribution in [2.75, 3.05) is 59.1 Å². The summed E-state index contributed by atoms with van der Waals surface area (Å²) in [6.45, 7) is 3.60. The lowest BCUT2D eigenvalue weighted by atomic mass is 10.0. The number of rotatable bonds is 7. The molecule has 2 aliphatic heterocycles. The van der Waals surface area contributed by atoms with Gasteiger partial charge in [-0.25, -0.2) is 8.42 Å². The summed E-state index contributed by atoms with van der Waals surface area (Å²) in [7, 11) is 3.42. The van der Waals surface area contributed by atoms with Gasteiger partial charge in [0.1, 0.15) is 4.90 Å². The number of hydrogen-bond donors (Lipinski definition) is 1. The van der Waals surface area contributed by atoms with Crippen molar-refractivity contribution in [3.63, 3.8) is 0 Å². The minimum Gasteiger partial charge on any atom is -0.339 e. The SMILES string of the molecule is CN1CCC(N(C)C(=O)c2ccc(Cl)c(S(=O)(=O)Nc3ccccc3C(=O)N(C)C3CCN(C)CC3)c2)CC1. The molecule has 0 bridgehead atoms. The molecule has 11 heteroatoms. The molecule has 0 unspecified atom stereocenters. The van der Waals surface area contributed by atoms with Crippen LogP contribution in [0.5, 0.6) is 0 Å². The Kier molecular flexibility index (Phi) is 9.21. The van der Waals surface area contributed by atoms with E-state index in [1.807, 2.05) is 0 Å². The molecule has 0 spiro atoms. The Hall–Kier alpha value is -2.66. The number of hydrogen-bond acceptors (Lipinski definition) is 6. The van der Waals surface area contributed by atoms with Crippen LogP contribution >= 0.6 is 11.6 Å². The highest BCUT2D eigenvalue weighted by atomic mass is 35.5. The number of amides is 2. The molecule has 2 fully saturated rings. The molecule has 2 amide bonds. The van der Waals surface area contributed by atoms with Crippen molar-refractivity contribution in [3.05, 3.63) is 58.6 Å². The molecule has 1 N–H and O–H groups in total. The molecule has 0 aromatic heterocycles. The number of para-hydroxylation sites is 1. The first-order valence-electron chi connectivity index (χ1n) is 13.3. The number of carbonyl (C=O) groups excluding carboxylic acids is 2. The number of halogens is 1. The Morgan fingerprint density at radius 2 is 1.36 bits per heavy atom. The number of benzene rings is 2. The van der Waals surface area contributed by atoms with Gasteiger partial charge < -0.3 is 19.6 Å². The van der Waals surface area contributed by atoms with E-state index in [0.717, 1.165) is 51.9 Å². The monoisotopic (exact) mass is 575 g/mol. The van der Waals surface area contributed by atoms with Crippen LogP contribution in [0.3, 0.4) is 0 Å². The van der Waals surface area contributed by atoms with Gasteiger partial charge in [-0.15, -0.1) is 0 Å². The van der Waals surface area contributed by atoms with Gasteiger partial charge >= 0.3 is 0 Å². The lowest BCUT2D eigenvalue weighted by Crippen LogP contribution is -2.44. The van der Waals surface area contributed by atoms with Crippen LogP contribution in [-0.4, -0.2) is 106 Å². The van der Waals surface area contributed by atoms with E-state index in [-0.39, 0.29) is 50.6 Å². The van der Waals surface area contributed by atoms with Gasteiger partial charge in [0, 0.05) is 31.7 Å². The lowest BCUT2D eigenvalue weighted by molar-refractivity contribution is 0.0653. The minimum atomic E-state index is -4.21. The van der Waals surface area contributed by atoms with Crippen molar-refractivity contribution in [2.24, 2.45) is 0 Å². The fraction of sp³-hybridized carbons (Fsp3) is 0.500. The number of sulfonamides is 1. The maximum Gasteiger partial charge on any atom is 0.263 e. The van der Waals surface area contributed by atoms with Crippen molar-refractivity contribution in [1.29, 1.82) is 0 Å². The van der Waals surface area contributed by atoms with E-state index < -0.39 is 10.0 Å². The summed E-state index contributed by atoms with van der Waals surface area (Å²) < 4.78 is 29.6. The van der Waals surface area contributed by atoms with Crippen LogP contribution in [0, 0.1) is 0 Å². The molecule has 4 rings (SSSR count). The summed E-state index contributed by atoms with van der Waals surface area (Å²) in [4.78, 5) is 34.3. The summed E-state index contributed by atoms with van der Waals surface area (Å²) >= 11 is 6.33. The molecule has 39 heavy (non-hydrogen) atoms. The number of piperidine rings is 2. The van der Waals surface area contributed by atoms with Crippen LogP contribution in [0.2, 0.25) is 5.02 Å². The maximum atomic E-state index is 13.5. The predicted molar refractivity (Wildman–Crippen MR) is 154 cm³/mol. The Balaban J connectivity index is 1.55. The fourth-order valence-electron chi connectivity index (χ4n) is 5.29. The average Bonchev–Trinajstić information content (AvgIpc) is 2.92. The van der Waals surface area contributed by atoms with Crippen LogP contribution in [0.1, 0.15) is 46.4 Å². The second-order valence-electron chi connectivity index (χ2n) is 10.7. The van der Waals surface area contributed by atoms with Crippen molar-refractivity contribution in [2.45, 2.75) is 42.7 Å². The Labute approximate surface area is 236 Å². The Morgan fingerprint density at radius 3 is 1.92 bits per heavy atom. The van der Waals surface area contributed by atoms with Gasteiger partial charge in [-0.2, -0.15) is 0 Å². The van der Waals surface area contributed by atoms with Crippen molar-refractivity contribution in [1.82, 2.24) is 19.6 Å². The first-order valence-corrected chi connectivity index (χ1v) is 15.2. The molecule has 2 saturated heterocycles. The maximum absolute atomic E-state index is 13.5. The summed E-state index contributed by atoms with van der Waals surface area (Å²) in [6, 6.07) is 11.0. The van der Waals surface area contributed by atoms with Crippen LogP contribution in [0.25, 0.3) is 0 Å². The summed E-state index contributed by atoms with van der Waals surface area (Å²) in [5, 5.41) is -0.00625. The molecule has 2 aromatic rings. The smallest absolute Gasteiger partial charge is 0.263 e. The number of likely N-dealkylation sites (tertiary alicyclic amines) is 2. The second-order valence-corrected chi connectivity index (χ2v) is 12.8. The van der Waals surface area contributed by atoms with Crippen LogP contribution in [0.15, 0.2) is 47.4 Å². The van der Waals surface area contributed by atoms with E-state index in [4.69, 9.17) is 11.6 Å². The third-order valence-corrected chi connectivity index (χ3v) is 9.83. The van der Waals surface area contributed by atoms with Crippen LogP contribution < -0.4 is 4.72 Å². The summed E-state index contributed by atoms with van der Waals surface area (Å²) in [5.41, 5.74) is 0.666. The van der Waals surface area contributed by atoms with Gasteiger partial charge in [0.05, 0.1) is 16.3 Å². The Bertz CT molecular complexity index is 1300. The fourth-order valence-corrected chi connectivity index (χ4v) is 6.90. The number of nitrogens with one attached hydrogen (secondary N) is 1. The van der Waals surface area contributed by atoms with Gasteiger partial charge in [-0.05, 0) is 96.3 Å². The minimum absolute atomic E-state index is 0.00625. The number of carbonyl (C=O) groups is 2. The summed E-state index contributed by atoms with van der Waals surface area (Å²) in [6.07, 6.45) is 3.43. The van der Waals surface area contributed by atoms with E-state index in [0.29, 0.717) is 0 Å². The normalized spacial score (nSPS) is 18.1.